The van der Waals surface area contributed by atoms with E-state index in [2.05, 4.69) is 34.2 Å². The van der Waals surface area contributed by atoms with Crippen molar-refractivity contribution in [2.24, 2.45) is 0 Å². The second-order valence-electron chi connectivity index (χ2n) is 4.66. The predicted molar refractivity (Wildman–Crippen MR) is 79.3 cm³/mol. The standard InChI is InChI=1S/C14H19BrClNO/c1-2-17-13(14-4-3-7-18-14)8-10-5-6-11(15)9-12(10)16/h5-6,9,13-14,17H,2-4,7-8H2,1H3. The molecule has 0 aromatic heterocycles. The number of likely N-dealkylation sites (N-methyl/N-ethyl adjacent to an activating group) is 1. The van der Waals surface area contributed by atoms with Gasteiger partial charge in [0.15, 0.2) is 0 Å². The van der Waals surface area contributed by atoms with Crippen LogP contribution in [0.25, 0.3) is 0 Å². The Balaban J connectivity index is 2.07. The lowest BCUT2D eigenvalue weighted by molar-refractivity contribution is 0.0789. The van der Waals surface area contributed by atoms with Gasteiger partial charge in [-0.3, -0.25) is 0 Å². The Kier molecular flexibility index (Phi) is 5.49. The van der Waals surface area contributed by atoms with Gasteiger partial charge < -0.3 is 10.1 Å². The highest BCUT2D eigenvalue weighted by Gasteiger charge is 2.25. The Hall–Kier alpha value is -0.0900. The third-order valence-corrected chi connectivity index (χ3v) is 4.18. The molecule has 100 valence electrons. The molecule has 1 saturated heterocycles. The molecule has 2 unspecified atom stereocenters. The Morgan fingerprint density at radius 2 is 2.39 bits per heavy atom. The molecule has 1 aromatic carbocycles. The van der Waals surface area contributed by atoms with Crippen LogP contribution < -0.4 is 5.32 Å². The van der Waals surface area contributed by atoms with E-state index in [1.165, 1.54) is 12.0 Å². The Morgan fingerprint density at radius 1 is 1.56 bits per heavy atom. The normalized spacial score (nSPS) is 21.2. The molecule has 0 spiro atoms. The molecule has 1 N–H and O–H groups in total. The lowest BCUT2D eigenvalue weighted by atomic mass is 9.99. The monoisotopic (exact) mass is 331 g/mol. The molecule has 0 aliphatic carbocycles. The average molecular weight is 333 g/mol. The van der Waals surface area contributed by atoms with E-state index >= 15 is 0 Å². The van der Waals surface area contributed by atoms with Crippen LogP contribution in [0.4, 0.5) is 0 Å². The second kappa shape index (κ2) is 6.90. The average Bonchev–Trinajstić information content (AvgIpc) is 2.85. The fourth-order valence-corrected chi connectivity index (χ4v) is 3.19. The Labute approximate surface area is 122 Å². The zero-order chi connectivity index (χ0) is 13.0. The molecule has 1 fully saturated rings. The maximum Gasteiger partial charge on any atom is 0.0732 e. The van der Waals surface area contributed by atoms with Gasteiger partial charge in [0.1, 0.15) is 0 Å². The van der Waals surface area contributed by atoms with E-state index < -0.39 is 0 Å². The number of rotatable bonds is 5. The van der Waals surface area contributed by atoms with Crippen LogP contribution in [0, 0.1) is 0 Å². The van der Waals surface area contributed by atoms with Crippen molar-refractivity contribution in [3.63, 3.8) is 0 Å². The van der Waals surface area contributed by atoms with E-state index in [0.29, 0.717) is 12.1 Å². The Morgan fingerprint density at radius 3 is 3.00 bits per heavy atom. The van der Waals surface area contributed by atoms with Crippen molar-refractivity contribution in [1.82, 2.24) is 5.32 Å². The van der Waals surface area contributed by atoms with Gasteiger partial charge in [-0.05, 0) is 43.5 Å². The minimum atomic E-state index is 0.324. The van der Waals surface area contributed by atoms with Crippen LogP contribution >= 0.6 is 27.5 Å². The van der Waals surface area contributed by atoms with Gasteiger partial charge in [0, 0.05) is 22.1 Å². The molecule has 2 rings (SSSR count). The van der Waals surface area contributed by atoms with Gasteiger partial charge in [0.25, 0.3) is 0 Å². The highest BCUT2D eigenvalue weighted by Crippen LogP contribution is 2.25. The molecule has 0 amide bonds. The second-order valence-corrected chi connectivity index (χ2v) is 5.98. The van der Waals surface area contributed by atoms with Crippen LogP contribution in [0.2, 0.25) is 5.02 Å². The smallest absolute Gasteiger partial charge is 0.0732 e. The van der Waals surface area contributed by atoms with Gasteiger partial charge in [-0.25, -0.2) is 0 Å². The van der Waals surface area contributed by atoms with E-state index in [-0.39, 0.29) is 0 Å². The first-order chi connectivity index (χ1) is 8.70. The van der Waals surface area contributed by atoms with Crippen molar-refractivity contribution >= 4 is 27.5 Å². The molecule has 18 heavy (non-hydrogen) atoms. The van der Waals surface area contributed by atoms with E-state index in [1.54, 1.807) is 0 Å². The SMILES string of the molecule is CCNC(Cc1ccc(Br)cc1Cl)C1CCCO1. The summed E-state index contributed by atoms with van der Waals surface area (Å²) in [7, 11) is 0. The molecule has 4 heteroatoms. The summed E-state index contributed by atoms with van der Waals surface area (Å²) in [6.45, 7) is 3.98. The summed E-state index contributed by atoms with van der Waals surface area (Å²) in [6.07, 6.45) is 3.56. The fourth-order valence-electron chi connectivity index (χ4n) is 2.44. The van der Waals surface area contributed by atoms with Crippen molar-refractivity contribution in [3.05, 3.63) is 33.3 Å². The highest BCUT2D eigenvalue weighted by molar-refractivity contribution is 9.10. The third kappa shape index (κ3) is 3.70. The summed E-state index contributed by atoms with van der Waals surface area (Å²) in [5.74, 6) is 0. The van der Waals surface area contributed by atoms with Crippen LogP contribution in [-0.4, -0.2) is 25.3 Å². The fraction of sp³-hybridized carbons (Fsp3) is 0.571. The molecule has 1 aliphatic heterocycles. The summed E-state index contributed by atoms with van der Waals surface area (Å²) in [6, 6.07) is 6.44. The molecule has 1 heterocycles. The van der Waals surface area contributed by atoms with Gasteiger partial charge in [-0.1, -0.05) is 40.5 Å². The summed E-state index contributed by atoms with van der Waals surface area (Å²) in [5, 5.41) is 4.34. The number of hydrogen-bond acceptors (Lipinski definition) is 2. The van der Waals surface area contributed by atoms with Crippen molar-refractivity contribution in [2.75, 3.05) is 13.2 Å². The first kappa shape index (κ1) is 14.3. The molecule has 2 nitrogen and oxygen atoms in total. The largest absolute Gasteiger partial charge is 0.377 e. The minimum Gasteiger partial charge on any atom is -0.377 e. The first-order valence-electron chi connectivity index (χ1n) is 6.49. The molecule has 0 radical (unpaired) electrons. The van der Waals surface area contributed by atoms with Crippen LogP contribution in [0.15, 0.2) is 22.7 Å². The summed E-state index contributed by atoms with van der Waals surface area (Å²) in [5.41, 5.74) is 1.18. The summed E-state index contributed by atoms with van der Waals surface area (Å²) >= 11 is 9.72. The first-order valence-corrected chi connectivity index (χ1v) is 7.66. The molecule has 1 aliphatic rings. The third-order valence-electron chi connectivity index (χ3n) is 3.33. The van der Waals surface area contributed by atoms with Crippen LogP contribution in [0.5, 0.6) is 0 Å². The molecular weight excluding hydrogens is 314 g/mol. The number of benzene rings is 1. The lowest BCUT2D eigenvalue weighted by Gasteiger charge is -2.24. The summed E-state index contributed by atoms with van der Waals surface area (Å²) in [4.78, 5) is 0. The quantitative estimate of drug-likeness (QED) is 0.885. The van der Waals surface area contributed by atoms with Crippen molar-refractivity contribution in [3.8, 4) is 0 Å². The van der Waals surface area contributed by atoms with E-state index in [4.69, 9.17) is 16.3 Å². The van der Waals surface area contributed by atoms with E-state index in [9.17, 15) is 0 Å². The lowest BCUT2D eigenvalue weighted by Crippen LogP contribution is -2.41. The molecule has 2 atom stereocenters. The molecule has 0 saturated carbocycles. The predicted octanol–water partition coefficient (Wildman–Crippen LogP) is 3.80. The zero-order valence-corrected chi connectivity index (χ0v) is 12.9. The van der Waals surface area contributed by atoms with Gasteiger partial charge in [0.05, 0.1) is 6.10 Å². The van der Waals surface area contributed by atoms with Gasteiger partial charge >= 0.3 is 0 Å². The maximum absolute atomic E-state index is 6.28. The number of hydrogen-bond donors (Lipinski definition) is 1. The van der Waals surface area contributed by atoms with Crippen molar-refractivity contribution in [1.29, 1.82) is 0 Å². The maximum atomic E-state index is 6.28. The minimum absolute atomic E-state index is 0.324. The molecular formula is C14H19BrClNO. The number of ether oxygens (including phenoxy) is 1. The summed E-state index contributed by atoms with van der Waals surface area (Å²) < 4.78 is 6.81. The number of halogens is 2. The highest BCUT2D eigenvalue weighted by atomic mass is 79.9. The van der Waals surface area contributed by atoms with Crippen molar-refractivity contribution in [2.45, 2.75) is 38.3 Å². The van der Waals surface area contributed by atoms with Crippen LogP contribution in [-0.2, 0) is 11.2 Å². The number of nitrogens with one attached hydrogen (secondary N) is 1. The molecule has 0 bridgehead atoms. The zero-order valence-electron chi connectivity index (χ0n) is 10.6. The van der Waals surface area contributed by atoms with Gasteiger partial charge in [0.2, 0.25) is 0 Å². The van der Waals surface area contributed by atoms with E-state index in [0.717, 1.165) is 35.5 Å². The van der Waals surface area contributed by atoms with Gasteiger partial charge in [-0.15, -0.1) is 0 Å². The topological polar surface area (TPSA) is 21.3 Å². The molecule has 1 aromatic rings. The van der Waals surface area contributed by atoms with Crippen LogP contribution in [0.1, 0.15) is 25.3 Å². The van der Waals surface area contributed by atoms with Crippen LogP contribution in [0.3, 0.4) is 0 Å². The van der Waals surface area contributed by atoms with Crippen molar-refractivity contribution < 1.29 is 4.74 Å². The van der Waals surface area contributed by atoms with E-state index in [1.807, 2.05) is 12.1 Å². The van der Waals surface area contributed by atoms with Gasteiger partial charge in [-0.2, -0.15) is 0 Å². The Bertz CT molecular complexity index is 393.